The minimum absolute atomic E-state index is 0.0845. The second kappa shape index (κ2) is 5.51. The molecule has 0 unspecified atom stereocenters. The number of hydrogen-bond acceptors (Lipinski definition) is 6. The first-order chi connectivity index (χ1) is 10.9. The third-order valence-electron chi connectivity index (χ3n) is 3.27. The van der Waals surface area contributed by atoms with E-state index in [-0.39, 0.29) is 10.7 Å². The van der Waals surface area contributed by atoms with Crippen molar-refractivity contribution in [3.05, 3.63) is 36.8 Å². The van der Waals surface area contributed by atoms with Gasteiger partial charge in [0.25, 0.3) is 10.0 Å². The largest absolute Gasteiger partial charge is 0.347 e. The normalized spacial score (nSPS) is 11.6. The number of fused-ring (bicyclic) bond motifs is 1. The molecule has 0 aromatic carbocycles. The van der Waals surface area contributed by atoms with E-state index in [0.717, 1.165) is 11.0 Å². The Labute approximate surface area is 133 Å². The Morgan fingerprint density at radius 2 is 2.00 bits per heavy atom. The van der Waals surface area contributed by atoms with Gasteiger partial charge in [-0.2, -0.15) is 4.98 Å². The molecule has 0 aliphatic rings. The Kier molecular flexibility index (Phi) is 3.64. The monoisotopic (exact) mass is 332 g/mol. The van der Waals surface area contributed by atoms with Gasteiger partial charge in [0.2, 0.25) is 5.95 Å². The maximum absolute atomic E-state index is 12.5. The highest BCUT2D eigenvalue weighted by molar-refractivity contribution is 7.92. The van der Waals surface area contributed by atoms with Crippen molar-refractivity contribution in [3.8, 4) is 0 Å². The zero-order valence-electron chi connectivity index (χ0n) is 12.9. The average Bonchev–Trinajstić information content (AvgIpc) is 2.88. The summed E-state index contributed by atoms with van der Waals surface area (Å²) in [4.78, 5) is 14.2. The van der Waals surface area contributed by atoms with E-state index < -0.39 is 10.0 Å². The van der Waals surface area contributed by atoms with Gasteiger partial charge in [-0.15, -0.1) is 0 Å². The number of anilines is 2. The zero-order chi connectivity index (χ0) is 16.6. The van der Waals surface area contributed by atoms with E-state index >= 15 is 0 Å². The molecule has 23 heavy (non-hydrogen) atoms. The van der Waals surface area contributed by atoms with Gasteiger partial charge in [0.15, 0.2) is 0 Å². The van der Waals surface area contributed by atoms with Gasteiger partial charge in [-0.1, -0.05) is 0 Å². The van der Waals surface area contributed by atoms with Crippen molar-refractivity contribution in [2.24, 2.45) is 7.05 Å². The van der Waals surface area contributed by atoms with E-state index in [4.69, 9.17) is 0 Å². The lowest BCUT2D eigenvalue weighted by Gasteiger charge is -2.12. The second-order valence-corrected chi connectivity index (χ2v) is 6.93. The molecule has 3 aromatic rings. The van der Waals surface area contributed by atoms with E-state index in [2.05, 4.69) is 19.7 Å². The Morgan fingerprint density at radius 1 is 1.22 bits per heavy atom. The van der Waals surface area contributed by atoms with E-state index in [9.17, 15) is 8.42 Å². The van der Waals surface area contributed by atoms with Crippen molar-refractivity contribution in [2.75, 3.05) is 23.7 Å². The van der Waals surface area contributed by atoms with Crippen LogP contribution in [-0.2, 0) is 17.1 Å². The van der Waals surface area contributed by atoms with E-state index in [1.54, 1.807) is 25.1 Å². The van der Waals surface area contributed by atoms with Crippen LogP contribution in [0.2, 0.25) is 0 Å². The van der Waals surface area contributed by atoms with Crippen molar-refractivity contribution in [3.63, 3.8) is 0 Å². The molecule has 120 valence electrons. The summed E-state index contributed by atoms with van der Waals surface area (Å²) in [7, 11) is 1.64. The number of hydrogen-bond donors (Lipinski definition) is 1. The molecule has 0 atom stereocenters. The van der Waals surface area contributed by atoms with Gasteiger partial charge >= 0.3 is 0 Å². The van der Waals surface area contributed by atoms with Gasteiger partial charge in [-0.05, 0) is 18.2 Å². The third-order valence-corrected chi connectivity index (χ3v) is 4.60. The van der Waals surface area contributed by atoms with Crippen LogP contribution < -0.4 is 9.62 Å². The number of nitrogens with one attached hydrogen (secondary N) is 1. The lowest BCUT2D eigenvalue weighted by molar-refractivity contribution is 0.601. The Hall–Kier alpha value is -2.68. The Balaban J connectivity index is 1.95. The summed E-state index contributed by atoms with van der Waals surface area (Å²) in [5, 5.41) is 0.757. The maximum Gasteiger partial charge on any atom is 0.264 e. The summed E-state index contributed by atoms with van der Waals surface area (Å²) >= 11 is 0. The highest BCUT2D eigenvalue weighted by Gasteiger charge is 2.17. The highest BCUT2D eigenvalue weighted by Crippen LogP contribution is 2.19. The smallest absolute Gasteiger partial charge is 0.264 e. The summed E-state index contributed by atoms with van der Waals surface area (Å²) < 4.78 is 29.3. The standard InChI is InChI=1S/C14H16N6O2S/c1-19(2)14-15-6-4-12(17-14)18-23(21,22)11-8-10-5-7-20(3)13(10)16-9-11/h4-9H,1-3H3,(H,15,17,18). The van der Waals surface area contributed by atoms with Crippen molar-refractivity contribution in [1.82, 2.24) is 19.5 Å². The average molecular weight is 332 g/mol. The fraction of sp³-hybridized carbons (Fsp3) is 0.214. The van der Waals surface area contributed by atoms with Crippen LogP contribution in [-0.4, -0.2) is 42.0 Å². The van der Waals surface area contributed by atoms with Crippen molar-refractivity contribution in [1.29, 1.82) is 0 Å². The van der Waals surface area contributed by atoms with Crippen LogP contribution in [0.1, 0.15) is 0 Å². The van der Waals surface area contributed by atoms with Crippen molar-refractivity contribution < 1.29 is 8.42 Å². The molecule has 8 nitrogen and oxygen atoms in total. The molecule has 0 fully saturated rings. The molecular weight excluding hydrogens is 316 g/mol. The Bertz CT molecular complexity index is 964. The molecule has 0 aliphatic carbocycles. The second-order valence-electron chi connectivity index (χ2n) is 5.25. The lowest BCUT2D eigenvalue weighted by atomic mass is 10.3. The SMILES string of the molecule is CN(C)c1nccc(NS(=O)(=O)c2cnc3c(ccn3C)c2)n1. The van der Waals surface area contributed by atoms with Crippen LogP contribution in [0.5, 0.6) is 0 Å². The summed E-state index contributed by atoms with van der Waals surface area (Å²) in [6.07, 6.45) is 4.66. The first-order valence-electron chi connectivity index (χ1n) is 6.81. The van der Waals surface area contributed by atoms with E-state index in [1.165, 1.54) is 18.5 Å². The molecule has 9 heteroatoms. The first kappa shape index (κ1) is 15.2. The van der Waals surface area contributed by atoms with Crippen LogP contribution in [0.15, 0.2) is 41.7 Å². The first-order valence-corrected chi connectivity index (χ1v) is 8.29. The van der Waals surface area contributed by atoms with Crippen molar-refractivity contribution in [2.45, 2.75) is 4.90 Å². The lowest BCUT2D eigenvalue weighted by Crippen LogP contribution is -2.17. The fourth-order valence-corrected chi connectivity index (χ4v) is 3.08. The van der Waals surface area contributed by atoms with Crippen LogP contribution in [0.4, 0.5) is 11.8 Å². The molecule has 3 rings (SSSR count). The zero-order valence-corrected chi connectivity index (χ0v) is 13.7. The van der Waals surface area contributed by atoms with Crippen LogP contribution >= 0.6 is 0 Å². The van der Waals surface area contributed by atoms with Crippen molar-refractivity contribution >= 4 is 32.8 Å². The number of sulfonamides is 1. The molecule has 0 amide bonds. The Morgan fingerprint density at radius 3 is 2.74 bits per heavy atom. The predicted molar refractivity (Wildman–Crippen MR) is 87.9 cm³/mol. The van der Waals surface area contributed by atoms with Gasteiger partial charge < -0.3 is 9.47 Å². The summed E-state index contributed by atoms with van der Waals surface area (Å²) in [6, 6.07) is 4.90. The quantitative estimate of drug-likeness (QED) is 0.772. The van der Waals surface area contributed by atoms with Crippen LogP contribution in [0, 0.1) is 0 Å². The summed E-state index contributed by atoms with van der Waals surface area (Å²) in [5.41, 5.74) is 0.723. The van der Waals surface area contributed by atoms with Crippen LogP contribution in [0.25, 0.3) is 11.0 Å². The topological polar surface area (TPSA) is 93.0 Å². The van der Waals surface area contributed by atoms with Crippen LogP contribution in [0.3, 0.4) is 0 Å². The minimum atomic E-state index is -3.77. The van der Waals surface area contributed by atoms with Gasteiger partial charge in [0.05, 0.1) is 0 Å². The number of nitrogens with zero attached hydrogens (tertiary/aromatic N) is 5. The molecule has 0 saturated heterocycles. The van der Waals surface area contributed by atoms with Gasteiger partial charge in [-0.25, -0.2) is 18.4 Å². The molecule has 0 bridgehead atoms. The summed E-state index contributed by atoms with van der Waals surface area (Å²) in [5.74, 6) is 0.624. The molecule has 0 saturated carbocycles. The summed E-state index contributed by atoms with van der Waals surface area (Å²) in [6.45, 7) is 0. The van der Waals surface area contributed by atoms with E-state index in [1.807, 2.05) is 23.9 Å². The molecule has 0 radical (unpaired) electrons. The third kappa shape index (κ3) is 2.95. The molecule has 1 N–H and O–H groups in total. The highest BCUT2D eigenvalue weighted by atomic mass is 32.2. The number of aryl methyl sites for hydroxylation is 1. The fourth-order valence-electron chi connectivity index (χ4n) is 2.10. The van der Waals surface area contributed by atoms with Gasteiger partial charge in [-0.3, -0.25) is 4.72 Å². The van der Waals surface area contributed by atoms with E-state index in [0.29, 0.717) is 5.95 Å². The van der Waals surface area contributed by atoms with Gasteiger partial charge in [0.1, 0.15) is 16.4 Å². The molecular formula is C14H16N6O2S. The number of aromatic nitrogens is 4. The maximum atomic E-state index is 12.5. The van der Waals surface area contributed by atoms with Gasteiger partial charge in [0, 0.05) is 45.1 Å². The number of rotatable bonds is 4. The molecule has 0 aliphatic heterocycles. The molecule has 3 aromatic heterocycles. The minimum Gasteiger partial charge on any atom is -0.347 e. The molecule has 0 spiro atoms. The predicted octanol–water partition coefficient (Wildman–Crippen LogP) is 1.23. The number of pyridine rings is 1. The molecule has 3 heterocycles.